The summed E-state index contributed by atoms with van der Waals surface area (Å²) in [5.74, 6) is 0. The summed E-state index contributed by atoms with van der Waals surface area (Å²) >= 11 is 3.23. The van der Waals surface area contributed by atoms with Crippen LogP contribution in [0.1, 0.15) is 6.42 Å². The Hall–Kier alpha value is -2.26. The largest absolute Gasteiger partial charge is 0.465 e. The summed E-state index contributed by atoms with van der Waals surface area (Å²) in [6.45, 7) is 1.25. The maximum atomic E-state index is 11.3. The van der Waals surface area contributed by atoms with Gasteiger partial charge in [0, 0.05) is 29.6 Å². The van der Waals surface area contributed by atoms with E-state index < -0.39 is 6.09 Å². The highest BCUT2D eigenvalue weighted by Gasteiger charge is 2.48. The van der Waals surface area contributed by atoms with Crippen molar-refractivity contribution in [2.24, 2.45) is 0 Å². The van der Waals surface area contributed by atoms with E-state index in [2.05, 4.69) is 16.0 Å². The van der Waals surface area contributed by atoms with Crippen molar-refractivity contribution in [1.29, 1.82) is 0 Å². The van der Waals surface area contributed by atoms with Gasteiger partial charge in [-0.15, -0.1) is 23.1 Å². The Bertz CT molecular complexity index is 975. The molecule has 0 aliphatic carbocycles. The number of fused-ring (bicyclic) bond motifs is 3. The fraction of sp³-hybridized carbons (Fsp3) is 0.353. The number of piperazine rings is 1. The summed E-state index contributed by atoms with van der Waals surface area (Å²) in [5.41, 5.74) is 2.50. The molecule has 6 rings (SSSR count). The zero-order valence-electron chi connectivity index (χ0n) is 14.0. The first-order valence-electron chi connectivity index (χ1n) is 8.28. The van der Waals surface area contributed by atoms with E-state index in [1.807, 2.05) is 17.7 Å². The van der Waals surface area contributed by atoms with E-state index in [1.54, 1.807) is 34.2 Å². The molecule has 1 aromatic carbocycles. The number of piperidine rings is 1. The maximum Gasteiger partial charge on any atom is 0.407 e. The zero-order valence-corrected chi connectivity index (χ0v) is 15.6. The van der Waals surface area contributed by atoms with Crippen molar-refractivity contribution in [2.45, 2.75) is 23.4 Å². The summed E-state index contributed by atoms with van der Waals surface area (Å²) in [6.07, 6.45) is 3.91. The molecular formula is C17H16N4O3S2. The molecule has 2 aromatic heterocycles. The number of hydrogen-bond acceptors (Lipinski definition) is 7. The van der Waals surface area contributed by atoms with Crippen LogP contribution in [0.4, 0.5) is 10.8 Å². The Balaban J connectivity index is 1.53. The minimum absolute atomic E-state index is 0.0291. The van der Waals surface area contributed by atoms with Crippen LogP contribution in [0.2, 0.25) is 0 Å². The summed E-state index contributed by atoms with van der Waals surface area (Å²) < 4.78 is 6.13. The standard InChI is InChI=1S/C17H16N4O3S2/c1-25-11-5-12(15-18-2-3-26-15)14-13(6-11)19-16(24-14)20-7-9-4-10(8-20)21(9)17(22)23/h2-3,5-6,9-10H,4,7-8H2,1H3,(H,22,23). The SMILES string of the molecule is CSc1cc(-c2nccs2)c2oc(N3CC4CC(C3)N4C(=O)O)nc2c1. The first-order chi connectivity index (χ1) is 12.6. The number of aromatic nitrogens is 2. The number of thioether (sulfide) groups is 1. The number of carbonyl (C=O) groups is 1. The maximum absolute atomic E-state index is 11.3. The highest BCUT2D eigenvalue weighted by Crippen LogP contribution is 2.39. The predicted molar refractivity (Wildman–Crippen MR) is 101 cm³/mol. The van der Waals surface area contributed by atoms with Crippen molar-refractivity contribution >= 4 is 46.3 Å². The third-order valence-electron chi connectivity index (χ3n) is 5.04. The van der Waals surface area contributed by atoms with Gasteiger partial charge in [-0.1, -0.05) is 0 Å². The van der Waals surface area contributed by atoms with E-state index in [0.717, 1.165) is 33.0 Å². The molecular weight excluding hydrogens is 372 g/mol. The molecule has 7 nitrogen and oxygen atoms in total. The molecule has 0 radical (unpaired) electrons. The lowest BCUT2D eigenvalue weighted by Gasteiger charge is -2.54. The number of carboxylic acid groups (broad SMARTS) is 1. The topological polar surface area (TPSA) is 82.7 Å². The smallest absolute Gasteiger partial charge is 0.407 e. The number of thiazole rings is 1. The third-order valence-corrected chi connectivity index (χ3v) is 6.55. The van der Waals surface area contributed by atoms with Crippen LogP contribution < -0.4 is 4.90 Å². The summed E-state index contributed by atoms with van der Waals surface area (Å²) in [5, 5.41) is 12.1. The average Bonchev–Trinajstić information content (AvgIpc) is 3.29. The van der Waals surface area contributed by atoms with Crippen molar-refractivity contribution in [3.63, 3.8) is 0 Å². The van der Waals surface area contributed by atoms with E-state index in [-0.39, 0.29) is 12.1 Å². The number of rotatable bonds is 3. The fourth-order valence-corrected chi connectivity index (χ4v) is 4.96. The highest BCUT2D eigenvalue weighted by atomic mass is 32.2. The van der Waals surface area contributed by atoms with Gasteiger partial charge in [0.1, 0.15) is 10.5 Å². The lowest BCUT2D eigenvalue weighted by atomic mass is 9.88. The molecule has 1 amide bonds. The summed E-state index contributed by atoms with van der Waals surface area (Å²) in [7, 11) is 0. The normalized spacial score (nSPS) is 21.9. The molecule has 1 N–H and O–H groups in total. The van der Waals surface area contributed by atoms with Crippen molar-refractivity contribution < 1.29 is 14.3 Å². The van der Waals surface area contributed by atoms with Crippen LogP contribution in [-0.2, 0) is 0 Å². The first-order valence-corrected chi connectivity index (χ1v) is 10.4. The molecule has 3 saturated heterocycles. The van der Waals surface area contributed by atoms with Crippen LogP contribution in [0, 0.1) is 0 Å². The monoisotopic (exact) mass is 388 g/mol. The second kappa shape index (κ2) is 5.88. The fourth-order valence-electron chi connectivity index (χ4n) is 3.84. The highest BCUT2D eigenvalue weighted by molar-refractivity contribution is 7.98. The van der Waals surface area contributed by atoms with E-state index in [1.165, 1.54) is 0 Å². The van der Waals surface area contributed by atoms with Gasteiger partial charge in [-0.2, -0.15) is 4.98 Å². The van der Waals surface area contributed by atoms with Crippen LogP contribution in [0.15, 0.2) is 33.0 Å². The second-order valence-corrected chi connectivity index (χ2v) is 8.27. The van der Waals surface area contributed by atoms with Gasteiger partial charge >= 0.3 is 6.09 Å². The quantitative estimate of drug-likeness (QED) is 0.686. The number of benzene rings is 1. The molecule has 2 bridgehead atoms. The lowest BCUT2D eigenvalue weighted by Crippen LogP contribution is -2.70. The summed E-state index contributed by atoms with van der Waals surface area (Å²) in [4.78, 5) is 25.1. The molecule has 26 heavy (non-hydrogen) atoms. The molecule has 134 valence electrons. The number of oxazole rings is 1. The molecule has 3 aromatic rings. The first kappa shape index (κ1) is 16.0. The number of amides is 1. The van der Waals surface area contributed by atoms with Crippen LogP contribution in [0.5, 0.6) is 0 Å². The summed E-state index contributed by atoms with van der Waals surface area (Å²) in [6, 6.07) is 4.73. The number of nitrogens with zero attached hydrogens (tertiary/aromatic N) is 4. The zero-order chi connectivity index (χ0) is 17.8. The Morgan fingerprint density at radius 2 is 2.19 bits per heavy atom. The van der Waals surface area contributed by atoms with E-state index >= 15 is 0 Å². The molecule has 3 fully saturated rings. The molecule has 5 heterocycles. The third kappa shape index (κ3) is 2.38. The van der Waals surface area contributed by atoms with Gasteiger partial charge in [0.15, 0.2) is 5.58 Å². The van der Waals surface area contributed by atoms with Gasteiger partial charge in [0.2, 0.25) is 0 Å². The minimum Gasteiger partial charge on any atom is -0.465 e. The lowest BCUT2D eigenvalue weighted by molar-refractivity contribution is 0.0101. The molecule has 2 unspecified atom stereocenters. The minimum atomic E-state index is -0.834. The second-order valence-electron chi connectivity index (χ2n) is 6.50. The number of hydrogen-bond donors (Lipinski definition) is 1. The Kier molecular flexibility index (Phi) is 3.61. The molecule has 3 aliphatic heterocycles. The Morgan fingerprint density at radius 1 is 1.38 bits per heavy atom. The van der Waals surface area contributed by atoms with E-state index in [0.29, 0.717) is 19.1 Å². The molecule has 2 atom stereocenters. The van der Waals surface area contributed by atoms with Crippen molar-refractivity contribution in [1.82, 2.24) is 14.9 Å². The van der Waals surface area contributed by atoms with Gasteiger partial charge in [0.05, 0.1) is 17.6 Å². The molecule has 0 saturated carbocycles. The van der Waals surface area contributed by atoms with Crippen LogP contribution in [0.3, 0.4) is 0 Å². The van der Waals surface area contributed by atoms with Crippen molar-refractivity contribution in [3.05, 3.63) is 23.7 Å². The predicted octanol–water partition coefficient (Wildman–Crippen LogP) is 3.61. The Labute approximate surface area is 157 Å². The van der Waals surface area contributed by atoms with Gasteiger partial charge in [-0.3, -0.25) is 4.90 Å². The molecule has 0 spiro atoms. The average molecular weight is 388 g/mol. The van der Waals surface area contributed by atoms with Crippen LogP contribution in [-0.4, -0.2) is 57.5 Å². The molecule has 9 heteroatoms. The van der Waals surface area contributed by atoms with E-state index in [4.69, 9.17) is 9.40 Å². The van der Waals surface area contributed by atoms with Gasteiger partial charge in [-0.05, 0) is 24.8 Å². The molecule has 3 aliphatic rings. The van der Waals surface area contributed by atoms with Crippen LogP contribution >= 0.6 is 23.1 Å². The van der Waals surface area contributed by atoms with Crippen molar-refractivity contribution in [3.8, 4) is 10.6 Å². The van der Waals surface area contributed by atoms with Crippen molar-refractivity contribution in [2.75, 3.05) is 24.2 Å². The van der Waals surface area contributed by atoms with Gasteiger partial charge in [0.25, 0.3) is 6.01 Å². The van der Waals surface area contributed by atoms with E-state index in [9.17, 15) is 9.90 Å². The Morgan fingerprint density at radius 3 is 2.85 bits per heavy atom. The van der Waals surface area contributed by atoms with Gasteiger partial charge in [-0.25, -0.2) is 9.78 Å². The van der Waals surface area contributed by atoms with Gasteiger partial charge < -0.3 is 14.4 Å². The number of anilines is 1. The van der Waals surface area contributed by atoms with Crippen LogP contribution in [0.25, 0.3) is 21.7 Å².